The average molecular weight is 437 g/mol. The highest BCUT2D eigenvalue weighted by molar-refractivity contribution is 9.10. The van der Waals surface area contributed by atoms with Crippen LogP contribution in [0.25, 0.3) is 0 Å². The fraction of sp³-hybridized carbons (Fsp3) is 0.524. The van der Waals surface area contributed by atoms with E-state index in [9.17, 15) is 9.59 Å². The van der Waals surface area contributed by atoms with Crippen molar-refractivity contribution in [1.82, 2.24) is 10.2 Å². The zero-order valence-electron chi connectivity index (χ0n) is 16.5. The minimum absolute atomic E-state index is 0.0490. The van der Waals surface area contributed by atoms with Crippen LogP contribution in [0.3, 0.4) is 0 Å². The Kier molecular flexibility index (Phi) is 7.48. The van der Waals surface area contributed by atoms with Crippen molar-refractivity contribution in [2.24, 2.45) is 0 Å². The normalized spacial score (nSPS) is 15.9. The van der Waals surface area contributed by atoms with E-state index in [0.29, 0.717) is 18.7 Å². The van der Waals surface area contributed by atoms with Gasteiger partial charge in [0.15, 0.2) is 0 Å². The number of hydrogen-bond donors (Lipinski definition) is 1. The lowest BCUT2D eigenvalue weighted by atomic mass is 10.0. The van der Waals surface area contributed by atoms with Crippen LogP contribution >= 0.6 is 15.9 Å². The van der Waals surface area contributed by atoms with Crippen LogP contribution in [0.1, 0.15) is 57.3 Å². The second-order valence-electron chi connectivity index (χ2n) is 7.95. The van der Waals surface area contributed by atoms with Crippen molar-refractivity contribution in [2.75, 3.05) is 13.1 Å². The zero-order valence-corrected chi connectivity index (χ0v) is 18.1. The minimum atomic E-state index is -0.463. The highest BCUT2D eigenvalue weighted by Crippen LogP contribution is 2.20. The molecule has 6 heteroatoms. The SMILES string of the molecule is C[C@@H](CC=C1CCN(C(=O)OC(C)(C)C)CC1)NC(=O)c1cccc(Br)c1. The third kappa shape index (κ3) is 7.37. The summed E-state index contributed by atoms with van der Waals surface area (Å²) in [4.78, 5) is 26.1. The number of benzene rings is 1. The molecule has 0 radical (unpaired) electrons. The molecule has 27 heavy (non-hydrogen) atoms. The van der Waals surface area contributed by atoms with E-state index in [1.165, 1.54) is 5.57 Å². The lowest BCUT2D eigenvalue weighted by Gasteiger charge is -2.31. The largest absolute Gasteiger partial charge is 0.444 e. The van der Waals surface area contributed by atoms with Crippen LogP contribution in [0, 0.1) is 0 Å². The number of ether oxygens (including phenoxy) is 1. The van der Waals surface area contributed by atoms with E-state index >= 15 is 0 Å². The van der Waals surface area contributed by atoms with Crippen LogP contribution in [0.15, 0.2) is 40.4 Å². The summed E-state index contributed by atoms with van der Waals surface area (Å²) in [6.45, 7) is 9.00. The molecule has 1 heterocycles. The first-order valence-electron chi connectivity index (χ1n) is 9.36. The van der Waals surface area contributed by atoms with Crippen molar-refractivity contribution >= 4 is 27.9 Å². The van der Waals surface area contributed by atoms with E-state index in [1.54, 1.807) is 11.0 Å². The minimum Gasteiger partial charge on any atom is -0.444 e. The van der Waals surface area contributed by atoms with Gasteiger partial charge in [-0.05, 0) is 65.2 Å². The van der Waals surface area contributed by atoms with Crippen molar-refractivity contribution in [3.05, 3.63) is 46.0 Å². The van der Waals surface area contributed by atoms with Crippen molar-refractivity contribution in [1.29, 1.82) is 0 Å². The highest BCUT2D eigenvalue weighted by atomic mass is 79.9. The third-order valence-corrected chi connectivity index (χ3v) is 4.77. The Morgan fingerprint density at radius 3 is 2.56 bits per heavy atom. The summed E-state index contributed by atoms with van der Waals surface area (Å²) in [6.07, 6.45) is 4.44. The number of carbonyl (C=O) groups is 2. The molecule has 148 valence electrons. The van der Waals surface area contributed by atoms with Crippen LogP contribution in [0.2, 0.25) is 0 Å². The lowest BCUT2D eigenvalue weighted by Crippen LogP contribution is -2.40. The monoisotopic (exact) mass is 436 g/mol. The third-order valence-electron chi connectivity index (χ3n) is 4.28. The smallest absolute Gasteiger partial charge is 0.410 e. The van der Waals surface area contributed by atoms with Gasteiger partial charge in [0.1, 0.15) is 5.60 Å². The summed E-state index contributed by atoms with van der Waals surface area (Å²) in [7, 11) is 0. The average Bonchev–Trinajstić information content (AvgIpc) is 2.59. The van der Waals surface area contributed by atoms with E-state index in [4.69, 9.17) is 4.74 Å². The lowest BCUT2D eigenvalue weighted by molar-refractivity contribution is 0.0236. The second kappa shape index (κ2) is 9.40. The summed E-state index contributed by atoms with van der Waals surface area (Å²) in [5, 5.41) is 3.03. The maximum atomic E-state index is 12.3. The fourth-order valence-electron chi connectivity index (χ4n) is 2.85. The Morgan fingerprint density at radius 1 is 1.30 bits per heavy atom. The van der Waals surface area contributed by atoms with Gasteiger partial charge in [-0.2, -0.15) is 0 Å². The first kappa shape index (κ1) is 21.5. The fourth-order valence-corrected chi connectivity index (χ4v) is 3.25. The van der Waals surface area contributed by atoms with Crippen molar-refractivity contribution < 1.29 is 14.3 Å². The summed E-state index contributed by atoms with van der Waals surface area (Å²) in [5.41, 5.74) is 1.52. The standard InChI is InChI=1S/C21H29BrN2O3/c1-15(23-19(25)17-6-5-7-18(22)14-17)8-9-16-10-12-24(13-11-16)20(26)27-21(2,3)4/h5-7,9,14-15H,8,10-13H2,1-4H3,(H,23,25)/t15-/m0/s1. The Morgan fingerprint density at radius 2 is 1.96 bits per heavy atom. The Hall–Kier alpha value is -1.82. The Labute approximate surface area is 170 Å². The molecule has 1 aliphatic heterocycles. The number of piperidine rings is 1. The van der Waals surface area contributed by atoms with Gasteiger partial charge < -0.3 is 15.0 Å². The van der Waals surface area contributed by atoms with Crippen LogP contribution in [0.5, 0.6) is 0 Å². The molecule has 5 nitrogen and oxygen atoms in total. The van der Waals surface area contributed by atoms with E-state index < -0.39 is 5.60 Å². The van der Waals surface area contributed by atoms with Crippen LogP contribution in [-0.4, -0.2) is 41.6 Å². The maximum Gasteiger partial charge on any atom is 0.410 e. The molecule has 1 atom stereocenters. The molecule has 0 aliphatic carbocycles. The van der Waals surface area contributed by atoms with E-state index in [0.717, 1.165) is 23.7 Å². The quantitative estimate of drug-likeness (QED) is 0.681. The molecule has 0 bridgehead atoms. The molecule has 1 aromatic rings. The number of nitrogens with one attached hydrogen (secondary N) is 1. The molecular formula is C21H29BrN2O3. The van der Waals surface area contributed by atoms with Gasteiger partial charge in [-0.3, -0.25) is 4.79 Å². The Bertz CT molecular complexity index is 700. The number of rotatable bonds is 4. The summed E-state index contributed by atoms with van der Waals surface area (Å²) < 4.78 is 6.31. The first-order valence-corrected chi connectivity index (χ1v) is 10.2. The Balaban J connectivity index is 1.78. The molecule has 1 fully saturated rings. The number of likely N-dealkylation sites (tertiary alicyclic amines) is 1. The first-order chi connectivity index (χ1) is 12.6. The predicted molar refractivity (Wildman–Crippen MR) is 111 cm³/mol. The van der Waals surface area contributed by atoms with Gasteiger partial charge in [-0.1, -0.05) is 33.6 Å². The van der Waals surface area contributed by atoms with E-state index in [1.807, 2.05) is 45.9 Å². The molecular weight excluding hydrogens is 408 g/mol. The van der Waals surface area contributed by atoms with Crippen molar-refractivity contribution in [2.45, 2.75) is 58.6 Å². The number of amides is 2. The number of hydrogen-bond acceptors (Lipinski definition) is 3. The number of halogens is 1. The van der Waals surface area contributed by atoms with Crippen LogP contribution in [-0.2, 0) is 4.74 Å². The van der Waals surface area contributed by atoms with Gasteiger partial charge in [0.25, 0.3) is 5.91 Å². The van der Waals surface area contributed by atoms with Crippen molar-refractivity contribution in [3.8, 4) is 0 Å². The van der Waals surface area contributed by atoms with Gasteiger partial charge in [-0.25, -0.2) is 4.79 Å². The van der Waals surface area contributed by atoms with Gasteiger partial charge >= 0.3 is 6.09 Å². The topological polar surface area (TPSA) is 58.6 Å². The maximum absolute atomic E-state index is 12.3. The number of nitrogens with zero attached hydrogens (tertiary/aromatic N) is 1. The molecule has 1 N–H and O–H groups in total. The molecule has 1 aliphatic rings. The van der Waals surface area contributed by atoms with Gasteiger partial charge in [0.05, 0.1) is 0 Å². The second-order valence-corrected chi connectivity index (χ2v) is 8.87. The van der Waals surface area contributed by atoms with E-state index in [2.05, 4.69) is 27.3 Å². The molecule has 0 spiro atoms. The van der Waals surface area contributed by atoms with Gasteiger partial charge in [-0.15, -0.1) is 0 Å². The van der Waals surface area contributed by atoms with Gasteiger partial charge in [0, 0.05) is 29.2 Å². The number of carbonyl (C=O) groups excluding carboxylic acids is 2. The summed E-state index contributed by atoms with van der Waals surface area (Å²) >= 11 is 3.38. The van der Waals surface area contributed by atoms with Crippen LogP contribution in [0.4, 0.5) is 4.79 Å². The summed E-state index contributed by atoms with van der Waals surface area (Å²) in [5.74, 6) is -0.0676. The molecule has 2 amide bonds. The predicted octanol–water partition coefficient (Wildman–Crippen LogP) is 4.91. The van der Waals surface area contributed by atoms with Gasteiger partial charge in [0.2, 0.25) is 0 Å². The molecule has 1 saturated heterocycles. The molecule has 0 saturated carbocycles. The zero-order chi connectivity index (χ0) is 20.0. The molecule has 2 rings (SSSR count). The molecule has 0 aromatic heterocycles. The van der Waals surface area contributed by atoms with Crippen LogP contribution < -0.4 is 5.32 Å². The molecule has 0 unspecified atom stereocenters. The summed E-state index contributed by atoms with van der Waals surface area (Å²) in [6, 6.07) is 7.41. The highest BCUT2D eigenvalue weighted by Gasteiger charge is 2.24. The molecule has 1 aromatic carbocycles. The van der Waals surface area contributed by atoms with Crippen molar-refractivity contribution in [3.63, 3.8) is 0 Å². The van der Waals surface area contributed by atoms with E-state index in [-0.39, 0.29) is 18.0 Å².